The van der Waals surface area contributed by atoms with E-state index in [9.17, 15) is 4.79 Å². The van der Waals surface area contributed by atoms with E-state index in [1.165, 1.54) is 12.7 Å². The zero-order valence-electron chi connectivity index (χ0n) is 19.6. The summed E-state index contributed by atoms with van der Waals surface area (Å²) >= 11 is 0. The Balaban J connectivity index is 1.60. The molecule has 0 radical (unpaired) electrons. The van der Waals surface area contributed by atoms with Crippen LogP contribution in [0.3, 0.4) is 0 Å². The molecule has 0 saturated heterocycles. The van der Waals surface area contributed by atoms with Crippen LogP contribution >= 0.6 is 0 Å². The van der Waals surface area contributed by atoms with Gasteiger partial charge < -0.3 is 19.5 Å². The van der Waals surface area contributed by atoms with Crippen molar-refractivity contribution >= 4 is 17.6 Å². The summed E-state index contributed by atoms with van der Waals surface area (Å²) in [5, 5.41) is 3.08. The van der Waals surface area contributed by atoms with E-state index in [-0.39, 0.29) is 18.0 Å². The predicted octanol–water partition coefficient (Wildman–Crippen LogP) is 6.33. The second-order valence-electron chi connectivity index (χ2n) is 7.69. The van der Waals surface area contributed by atoms with Gasteiger partial charge in [-0.25, -0.2) is 4.79 Å². The number of aryl methyl sites for hydroxylation is 1. The Bertz CT molecular complexity index is 1260. The van der Waals surface area contributed by atoms with Crippen LogP contribution in [0.15, 0.2) is 78.9 Å². The van der Waals surface area contributed by atoms with Gasteiger partial charge in [-0.2, -0.15) is 9.97 Å². The summed E-state index contributed by atoms with van der Waals surface area (Å²) < 4.78 is 16.5. The molecule has 0 bridgehead atoms. The van der Waals surface area contributed by atoms with E-state index in [0.717, 1.165) is 19.3 Å². The van der Waals surface area contributed by atoms with Gasteiger partial charge in [-0.1, -0.05) is 49.7 Å². The maximum atomic E-state index is 11.9. The third-order valence-electron chi connectivity index (χ3n) is 5.04. The number of nitrogens with zero attached hydrogens (tertiary/aromatic N) is 3. The van der Waals surface area contributed by atoms with E-state index in [1.807, 2.05) is 42.5 Å². The second-order valence-corrected chi connectivity index (χ2v) is 7.69. The monoisotopic (exact) mass is 470 g/mol. The van der Waals surface area contributed by atoms with Crippen molar-refractivity contribution in [2.75, 3.05) is 12.4 Å². The number of rotatable bonds is 10. The molecule has 3 aromatic carbocycles. The molecule has 0 aliphatic heterocycles. The first-order chi connectivity index (χ1) is 17.1. The molecule has 0 spiro atoms. The minimum atomic E-state index is -0.441. The molecule has 8 nitrogen and oxygen atoms in total. The third-order valence-corrected chi connectivity index (χ3v) is 5.04. The summed E-state index contributed by atoms with van der Waals surface area (Å²) in [6, 6.07) is 24.0. The lowest BCUT2D eigenvalue weighted by atomic mass is 10.1. The number of esters is 1. The molecular formula is C27H26N4O4. The van der Waals surface area contributed by atoms with Crippen LogP contribution in [-0.2, 0) is 11.2 Å². The number of hydrogen-bond acceptors (Lipinski definition) is 8. The van der Waals surface area contributed by atoms with Crippen molar-refractivity contribution < 1.29 is 19.0 Å². The fourth-order valence-electron chi connectivity index (χ4n) is 3.26. The number of methoxy groups -OCH3 is 1. The lowest BCUT2D eigenvalue weighted by Crippen LogP contribution is -2.05. The van der Waals surface area contributed by atoms with Crippen molar-refractivity contribution in [1.82, 2.24) is 15.0 Å². The van der Waals surface area contributed by atoms with Crippen molar-refractivity contribution in [3.63, 3.8) is 0 Å². The van der Waals surface area contributed by atoms with Crippen molar-refractivity contribution in [1.29, 1.82) is 0 Å². The Hall–Kier alpha value is -4.46. The average Bonchev–Trinajstić information content (AvgIpc) is 2.88. The zero-order valence-corrected chi connectivity index (χ0v) is 19.6. The number of carbonyl (C=O) groups is 1. The second kappa shape index (κ2) is 11.6. The van der Waals surface area contributed by atoms with Crippen LogP contribution in [0.25, 0.3) is 0 Å². The number of ether oxygens (including phenoxy) is 3. The average molecular weight is 471 g/mol. The highest BCUT2D eigenvalue weighted by atomic mass is 16.5. The van der Waals surface area contributed by atoms with E-state index < -0.39 is 5.97 Å². The smallest absolute Gasteiger partial charge is 0.337 e. The molecule has 4 rings (SSSR count). The molecule has 4 aromatic rings. The number of para-hydroxylation sites is 1. The van der Waals surface area contributed by atoms with Crippen LogP contribution in [0.4, 0.5) is 11.6 Å². The van der Waals surface area contributed by atoms with Gasteiger partial charge in [0.05, 0.1) is 12.7 Å². The van der Waals surface area contributed by atoms with Crippen LogP contribution in [0, 0.1) is 0 Å². The Kier molecular flexibility index (Phi) is 7.85. The van der Waals surface area contributed by atoms with Gasteiger partial charge in [0, 0.05) is 5.69 Å². The fraction of sp³-hybridized carbons (Fsp3) is 0.185. The first-order valence-electron chi connectivity index (χ1n) is 11.3. The molecule has 0 atom stereocenters. The predicted molar refractivity (Wildman–Crippen MR) is 133 cm³/mol. The van der Waals surface area contributed by atoms with Gasteiger partial charge in [0.2, 0.25) is 5.95 Å². The highest BCUT2D eigenvalue weighted by Gasteiger charge is 2.13. The van der Waals surface area contributed by atoms with Crippen LogP contribution in [-0.4, -0.2) is 28.0 Å². The number of nitrogens with one attached hydrogen (secondary N) is 1. The van der Waals surface area contributed by atoms with Crippen LogP contribution < -0.4 is 14.8 Å². The molecule has 8 heteroatoms. The number of hydrogen-bond donors (Lipinski definition) is 1. The van der Waals surface area contributed by atoms with Gasteiger partial charge in [-0.15, -0.1) is 4.98 Å². The summed E-state index contributed by atoms with van der Waals surface area (Å²) in [6.45, 7) is 2.17. The molecule has 1 aromatic heterocycles. The van der Waals surface area contributed by atoms with E-state index in [1.54, 1.807) is 36.4 Å². The maximum absolute atomic E-state index is 11.9. The molecule has 0 aliphatic carbocycles. The zero-order chi connectivity index (χ0) is 24.5. The molecule has 35 heavy (non-hydrogen) atoms. The van der Waals surface area contributed by atoms with Gasteiger partial charge >= 0.3 is 18.0 Å². The van der Waals surface area contributed by atoms with Crippen LogP contribution in [0.5, 0.6) is 23.5 Å². The first-order valence-corrected chi connectivity index (χ1v) is 11.3. The van der Waals surface area contributed by atoms with E-state index in [4.69, 9.17) is 14.2 Å². The Morgan fingerprint density at radius 2 is 1.51 bits per heavy atom. The summed E-state index contributed by atoms with van der Waals surface area (Å²) in [7, 11) is 1.33. The topological polar surface area (TPSA) is 95.5 Å². The van der Waals surface area contributed by atoms with Gasteiger partial charge in [0.25, 0.3) is 0 Å². The minimum Gasteiger partial charge on any atom is -0.465 e. The summed E-state index contributed by atoms with van der Waals surface area (Å²) in [6.07, 6.45) is 3.31. The van der Waals surface area contributed by atoms with Crippen LogP contribution in [0.2, 0.25) is 0 Å². The molecule has 0 unspecified atom stereocenters. The normalized spacial score (nSPS) is 10.5. The number of anilines is 2. The number of aromatic nitrogens is 3. The Labute approximate surface area is 204 Å². The quantitative estimate of drug-likeness (QED) is 0.269. The first kappa shape index (κ1) is 23.7. The van der Waals surface area contributed by atoms with Crippen molar-refractivity contribution in [2.45, 2.75) is 26.2 Å². The highest BCUT2D eigenvalue weighted by molar-refractivity contribution is 5.90. The lowest BCUT2D eigenvalue weighted by Gasteiger charge is -2.11. The Morgan fingerprint density at radius 1 is 0.829 bits per heavy atom. The number of unbranched alkanes of at least 4 members (excludes halogenated alkanes) is 1. The molecule has 0 fully saturated rings. The molecular weight excluding hydrogens is 444 g/mol. The van der Waals surface area contributed by atoms with Crippen LogP contribution in [0.1, 0.15) is 35.7 Å². The standard InChI is InChI=1S/C27H26N4O4/c1-3-4-9-19-14-16-23(17-15-19)35-27-30-25(28-21-11-8-10-20(18-21)24(32)33-2)29-26(31-27)34-22-12-6-5-7-13-22/h5-8,10-18H,3-4,9H2,1-2H3,(H,28,29,30,31). The Morgan fingerprint density at radius 3 is 2.17 bits per heavy atom. The van der Waals surface area contributed by atoms with Gasteiger partial charge in [0.1, 0.15) is 11.5 Å². The van der Waals surface area contributed by atoms with Gasteiger partial charge in [-0.05, 0) is 60.9 Å². The molecule has 178 valence electrons. The molecule has 0 saturated carbocycles. The highest BCUT2D eigenvalue weighted by Crippen LogP contribution is 2.26. The third kappa shape index (κ3) is 6.77. The maximum Gasteiger partial charge on any atom is 0.337 e. The van der Waals surface area contributed by atoms with Crippen molar-refractivity contribution in [3.8, 4) is 23.5 Å². The molecule has 1 N–H and O–H groups in total. The summed E-state index contributed by atoms with van der Waals surface area (Å²) in [5.74, 6) is 0.927. The number of benzene rings is 3. The SMILES string of the molecule is CCCCc1ccc(Oc2nc(Nc3cccc(C(=O)OC)c3)nc(Oc3ccccc3)n2)cc1. The van der Waals surface area contributed by atoms with Gasteiger partial charge in [0.15, 0.2) is 0 Å². The van der Waals surface area contributed by atoms with Crippen molar-refractivity contribution in [3.05, 3.63) is 90.0 Å². The molecule has 0 aliphatic rings. The molecule has 0 amide bonds. The molecule has 1 heterocycles. The van der Waals surface area contributed by atoms with E-state index in [2.05, 4.69) is 27.2 Å². The van der Waals surface area contributed by atoms with E-state index in [0.29, 0.717) is 22.7 Å². The van der Waals surface area contributed by atoms with Crippen molar-refractivity contribution in [2.24, 2.45) is 0 Å². The number of carbonyl (C=O) groups excluding carboxylic acids is 1. The van der Waals surface area contributed by atoms with E-state index >= 15 is 0 Å². The summed E-state index contributed by atoms with van der Waals surface area (Å²) in [5.41, 5.74) is 2.23. The largest absolute Gasteiger partial charge is 0.465 e. The minimum absolute atomic E-state index is 0.0624. The fourth-order valence-corrected chi connectivity index (χ4v) is 3.26. The van der Waals surface area contributed by atoms with Gasteiger partial charge in [-0.3, -0.25) is 0 Å². The lowest BCUT2D eigenvalue weighted by molar-refractivity contribution is 0.0600. The summed E-state index contributed by atoms with van der Waals surface area (Å²) in [4.78, 5) is 24.9.